The molecule has 2 rings (SSSR count). The zero-order valence-corrected chi connectivity index (χ0v) is 15.7. The molecule has 0 saturated heterocycles. The minimum absolute atomic E-state index is 0.123. The number of halogens is 2. The Bertz CT molecular complexity index is 752. The summed E-state index contributed by atoms with van der Waals surface area (Å²) in [5, 5.41) is 3.18. The van der Waals surface area contributed by atoms with Crippen LogP contribution in [-0.2, 0) is 0 Å². The van der Waals surface area contributed by atoms with Gasteiger partial charge in [-0.2, -0.15) is 0 Å². The SMILES string of the molecule is CSc1nc(C(C)C)nc(C)c1C(=O)Nc1ccc(Br)cc1F. The van der Waals surface area contributed by atoms with Gasteiger partial charge in [-0.3, -0.25) is 4.79 Å². The summed E-state index contributed by atoms with van der Waals surface area (Å²) in [7, 11) is 0. The first kappa shape index (κ1) is 17.9. The molecular weight excluding hydrogens is 381 g/mol. The Hall–Kier alpha value is -1.47. The summed E-state index contributed by atoms with van der Waals surface area (Å²) in [4.78, 5) is 21.4. The van der Waals surface area contributed by atoms with Crippen LogP contribution in [0.1, 0.15) is 41.6 Å². The van der Waals surface area contributed by atoms with Crippen molar-refractivity contribution >= 4 is 39.3 Å². The predicted octanol–water partition coefficient (Wildman–Crippen LogP) is 4.78. The average molecular weight is 398 g/mol. The first-order valence-electron chi connectivity index (χ1n) is 7.02. The third kappa shape index (κ3) is 4.09. The maximum absolute atomic E-state index is 13.9. The van der Waals surface area contributed by atoms with Crippen LogP contribution in [-0.4, -0.2) is 22.1 Å². The van der Waals surface area contributed by atoms with Crippen molar-refractivity contribution in [3.05, 3.63) is 45.6 Å². The fourth-order valence-electron chi connectivity index (χ4n) is 2.01. The molecule has 1 heterocycles. The molecular formula is C16H17BrFN3OS. The van der Waals surface area contributed by atoms with Crippen LogP contribution in [0, 0.1) is 12.7 Å². The number of carbonyl (C=O) groups excluding carboxylic acids is 1. The number of amides is 1. The van der Waals surface area contributed by atoms with Gasteiger partial charge in [-0.05, 0) is 31.4 Å². The summed E-state index contributed by atoms with van der Waals surface area (Å²) in [6.07, 6.45) is 1.85. The summed E-state index contributed by atoms with van der Waals surface area (Å²) in [5.74, 6) is -0.0574. The van der Waals surface area contributed by atoms with E-state index in [4.69, 9.17) is 0 Å². The number of nitrogens with zero attached hydrogens (tertiary/aromatic N) is 2. The van der Waals surface area contributed by atoms with Crippen LogP contribution in [0.2, 0.25) is 0 Å². The number of aromatic nitrogens is 2. The number of thioether (sulfide) groups is 1. The maximum atomic E-state index is 13.9. The van der Waals surface area contributed by atoms with Crippen molar-refractivity contribution in [2.45, 2.75) is 31.7 Å². The first-order chi connectivity index (χ1) is 10.8. The van der Waals surface area contributed by atoms with E-state index in [0.29, 0.717) is 26.6 Å². The Morgan fingerprint density at radius 1 is 1.35 bits per heavy atom. The molecule has 1 aromatic carbocycles. The lowest BCUT2D eigenvalue weighted by atomic mass is 10.1. The Labute approximate surface area is 147 Å². The molecule has 0 saturated carbocycles. The highest BCUT2D eigenvalue weighted by molar-refractivity contribution is 9.10. The number of benzene rings is 1. The van der Waals surface area contributed by atoms with Crippen LogP contribution in [0.25, 0.3) is 0 Å². The highest BCUT2D eigenvalue weighted by Gasteiger charge is 2.20. The van der Waals surface area contributed by atoms with Gasteiger partial charge in [0.2, 0.25) is 0 Å². The van der Waals surface area contributed by atoms with Crippen molar-refractivity contribution in [2.75, 3.05) is 11.6 Å². The number of hydrogen-bond donors (Lipinski definition) is 1. The highest BCUT2D eigenvalue weighted by Crippen LogP contribution is 2.25. The molecule has 122 valence electrons. The molecule has 0 unspecified atom stereocenters. The van der Waals surface area contributed by atoms with Gasteiger partial charge in [-0.15, -0.1) is 11.8 Å². The number of nitrogens with one attached hydrogen (secondary N) is 1. The zero-order valence-electron chi connectivity index (χ0n) is 13.3. The van der Waals surface area contributed by atoms with Crippen molar-refractivity contribution in [3.63, 3.8) is 0 Å². The van der Waals surface area contributed by atoms with Crippen molar-refractivity contribution in [3.8, 4) is 0 Å². The second kappa shape index (κ2) is 7.40. The Kier molecular flexibility index (Phi) is 5.75. The molecule has 1 aromatic heterocycles. The molecule has 1 N–H and O–H groups in total. The molecule has 4 nitrogen and oxygen atoms in total. The number of anilines is 1. The minimum atomic E-state index is -0.504. The van der Waals surface area contributed by atoms with Crippen molar-refractivity contribution < 1.29 is 9.18 Å². The van der Waals surface area contributed by atoms with E-state index < -0.39 is 11.7 Å². The lowest BCUT2D eigenvalue weighted by molar-refractivity contribution is 0.102. The van der Waals surface area contributed by atoms with Crippen molar-refractivity contribution in [1.29, 1.82) is 0 Å². The third-order valence-corrected chi connectivity index (χ3v) is 4.37. The molecule has 7 heteroatoms. The van der Waals surface area contributed by atoms with Gasteiger partial charge in [0.05, 0.1) is 16.9 Å². The summed E-state index contributed by atoms with van der Waals surface area (Å²) in [6.45, 7) is 5.76. The highest BCUT2D eigenvalue weighted by atomic mass is 79.9. The number of aryl methyl sites for hydroxylation is 1. The molecule has 0 aliphatic heterocycles. The molecule has 0 aliphatic carbocycles. The summed E-state index contributed by atoms with van der Waals surface area (Å²) >= 11 is 4.56. The monoisotopic (exact) mass is 397 g/mol. The summed E-state index contributed by atoms with van der Waals surface area (Å²) in [5.41, 5.74) is 1.09. The molecule has 23 heavy (non-hydrogen) atoms. The summed E-state index contributed by atoms with van der Waals surface area (Å²) < 4.78 is 14.5. The molecule has 2 aromatic rings. The molecule has 0 bridgehead atoms. The lowest BCUT2D eigenvalue weighted by Gasteiger charge is -2.14. The van der Waals surface area contributed by atoms with E-state index in [1.165, 1.54) is 23.9 Å². The fourth-order valence-corrected chi connectivity index (χ4v) is 2.97. The lowest BCUT2D eigenvalue weighted by Crippen LogP contribution is -2.18. The molecule has 0 atom stereocenters. The van der Waals surface area contributed by atoms with E-state index in [2.05, 4.69) is 31.2 Å². The number of rotatable bonds is 4. The van der Waals surface area contributed by atoms with E-state index >= 15 is 0 Å². The van der Waals surface area contributed by atoms with Gasteiger partial charge in [-0.1, -0.05) is 29.8 Å². The van der Waals surface area contributed by atoms with Crippen LogP contribution in [0.4, 0.5) is 10.1 Å². The van der Waals surface area contributed by atoms with Crippen LogP contribution in [0.15, 0.2) is 27.7 Å². The van der Waals surface area contributed by atoms with Crippen LogP contribution in [0.3, 0.4) is 0 Å². The van der Waals surface area contributed by atoms with Gasteiger partial charge in [0.15, 0.2) is 0 Å². The topological polar surface area (TPSA) is 54.9 Å². The van der Waals surface area contributed by atoms with Crippen LogP contribution < -0.4 is 5.32 Å². The van der Waals surface area contributed by atoms with E-state index in [-0.39, 0.29) is 11.6 Å². The van der Waals surface area contributed by atoms with Gasteiger partial charge in [0.25, 0.3) is 5.91 Å². The molecule has 0 spiro atoms. The fraction of sp³-hybridized carbons (Fsp3) is 0.312. The first-order valence-corrected chi connectivity index (χ1v) is 9.04. The van der Waals surface area contributed by atoms with Gasteiger partial charge < -0.3 is 5.32 Å². The van der Waals surface area contributed by atoms with Gasteiger partial charge in [0, 0.05) is 10.4 Å². The molecule has 1 amide bonds. The quantitative estimate of drug-likeness (QED) is 0.595. The predicted molar refractivity (Wildman–Crippen MR) is 94.7 cm³/mol. The minimum Gasteiger partial charge on any atom is -0.319 e. The Morgan fingerprint density at radius 2 is 2.04 bits per heavy atom. The van der Waals surface area contributed by atoms with Crippen molar-refractivity contribution in [2.24, 2.45) is 0 Å². The van der Waals surface area contributed by atoms with E-state index in [9.17, 15) is 9.18 Å². The maximum Gasteiger partial charge on any atom is 0.260 e. The second-order valence-corrected chi connectivity index (χ2v) is 7.00. The number of carbonyl (C=O) groups is 1. The standard InChI is InChI=1S/C16H17BrFN3OS/c1-8(2)14-19-9(3)13(16(21-14)23-4)15(22)20-12-6-5-10(17)7-11(12)18/h5-8H,1-4H3,(H,20,22). The van der Waals surface area contributed by atoms with Gasteiger partial charge in [0.1, 0.15) is 16.7 Å². The van der Waals surface area contributed by atoms with E-state index in [1.807, 2.05) is 20.1 Å². The van der Waals surface area contributed by atoms with Crippen molar-refractivity contribution in [1.82, 2.24) is 9.97 Å². The largest absolute Gasteiger partial charge is 0.319 e. The van der Waals surface area contributed by atoms with Crippen LogP contribution >= 0.6 is 27.7 Å². The van der Waals surface area contributed by atoms with Gasteiger partial charge >= 0.3 is 0 Å². The normalized spacial score (nSPS) is 10.9. The third-order valence-electron chi connectivity index (χ3n) is 3.19. The summed E-state index contributed by atoms with van der Waals surface area (Å²) in [6, 6.07) is 4.48. The Balaban J connectivity index is 2.39. The van der Waals surface area contributed by atoms with Gasteiger partial charge in [-0.25, -0.2) is 14.4 Å². The smallest absolute Gasteiger partial charge is 0.260 e. The van der Waals surface area contributed by atoms with E-state index in [1.54, 1.807) is 13.0 Å². The number of hydrogen-bond acceptors (Lipinski definition) is 4. The second-order valence-electron chi connectivity index (χ2n) is 5.28. The molecule has 0 aliphatic rings. The molecule has 0 radical (unpaired) electrons. The van der Waals surface area contributed by atoms with E-state index in [0.717, 1.165) is 0 Å². The van der Waals surface area contributed by atoms with Crippen LogP contribution in [0.5, 0.6) is 0 Å². The average Bonchev–Trinajstić information content (AvgIpc) is 2.48. The zero-order chi connectivity index (χ0) is 17.1. The Morgan fingerprint density at radius 3 is 2.61 bits per heavy atom. The molecule has 0 fully saturated rings.